The van der Waals surface area contributed by atoms with Crippen LogP contribution in [-0.2, 0) is 38.1 Å². The molecule has 0 amide bonds. The zero-order chi connectivity index (χ0) is 30.6. The SMILES string of the molecule is CC(=O)O[C@@H]1OC(n2nc(-c3ccccc3)n(/N=C/c3ccc(Cl)cc3)c2=S)[C@@H](C(C)=O)[C@H](OC(C)=O)[C@H]1OC(C)=O. The highest BCUT2D eigenvalue weighted by Gasteiger charge is 2.54. The highest BCUT2D eigenvalue weighted by Crippen LogP contribution is 2.38. The van der Waals surface area contributed by atoms with E-state index in [4.69, 9.17) is 42.8 Å². The Hall–Kier alpha value is -4.20. The molecule has 1 aromatic heterocycles. The van der Waals surface area contributed by atoms with Crippen LogP contribution in [0.1, 0.15) is 39.5 Å². The average molecular weight is 615 g/mol. The standard InChI is InChI=1S/C28H27ClN4O8S/c1-15(34)22-23(38-16(2)35)24(39-17(3)36)27(40-18(4)37)41-26(22)33-28(42)32(25(31-33)20-8-6-5-7-9-20)30-14-19-10-12-21(29)13-11-19/h5-14,22-24,26-27H,1-4H3/b30-14+/t22-,23-,24+,26?,27+/m0/s1. The first-order chi connectivity index (χ1) is 20.0. The Morgan fingerprint density at radius 1 is 0.905 bits per heavy atom. The van der Waals surface area contributed by atoms with Crippen molar-refractivity contribution in [3.63, 3.8) is 0 Å². The van der Waals surface area contributed by atoms with Gasteiger partial charge in [0.1, 0.15) is 11.7 Å². The smallest absolute Gasteiger partial charge is 0.305 e. The molecule has 4 rings (SSSR count). The number of hydrogen-bond acceptors (Lipinski definition) is 11. The summed E-state index contributed by atoms with van der Waals surface area (Å²) in [5, 5.41) is 9.75. The van der Waals surface area contributed by atoms with Gasteiger partial charge in [0.25, 0.3) is 0 Å². The molecule has 42 heavy (non-hydrogen) atoms. The lowest BCUT2D eigenvalue weighted by Crippen LogP contribution is -2.58. The molecule has 1 saturated heterocycles. The second kappa shape index (κ2) is 13.2. The summed E-state index contributed by atoms with van der Waals surface area (Å²) < 4.78 is 24.8. The number of aromatic nitrogens is 3. The van der Waals surface area contributed by atoms with E-state index in [1.807, 2.05) is 6.07 Å². The molecule has 0 bridgehead atoms. The molecular formula is C28H27ClN4O8S. The monoisotopic (exact) mass is 614 g/mol. The van der Waals surface area contributed by atoms with Crippen LogP contribution in [0, 0.1) is 10.7 Å². The van der Waals surface area contributed by atoms with Gasteiger partial charge in [0.05, 0.1) is 6.21 Å². The van der Waals surface area contributed by atoms with Crippen molar-refractivity contribution in [2.75, 3.05) is 0 Å². The largest absolute Gasteiger partial charge is 0.457 e. The van der Waals surface area contributed by atoms with E-state index in [9.17, 15) is 19.2 Å². The molecular weight excluding hydrogens is 588 g/mol. The fourth-order valence-corrected chi connectivity index (χ4v) is 4.86. The van der Waals surface area contributed by atoms with Crippen molar-refractivity contribution in [2.45, 2.75) is 52.4 Å². The summed E-state index contributed by atoms with van der Waals surface area (Å²) >= 11 is 11.8. The molecule has 5 atom stereocenters. The molecule has 0 N–H and O–H groups in total. The molecule has 12 nitrogen and oxygen atoms in total. The van der Waals surface area contributed by atoms with Crippen LogP contribution in [0.2, 0.25) is 5.02 Å². The first kappa shape index (κ1) is 30.8. The number of benzene rings is 2. The quantitative estimate of drug-likeness (QED) is 0.158. The van der Waals surface area contributed by atoms with E-state index in [1.54, 1.807) is 54.7 Å². The van der Waals surface area contributed by atoms with Gasteiger partial charge in [0.2, 0.25) is 17.2 Å². The van der Waals surface area contributed by atoms with Gasteiger partial charge in [-0.15, -0.1) is 5.10 Å². The number of carbonyl (C=O) groups excluding carboxylic acids is 4. The van der Waals surface area contributed by atoms with Crippen LogP contribution < -0.4 is 0 Å². The minimum absolute atomic E-state index is 0.00408. The summed E-state index contributed by atoms with van der Waals surface area (Å²) in [6.45, 7) is 4.63. The van der Waals surface area contributed by atoms with Crippen LogP contribution in [0.3, 0.4) is 0 Å². The van der Waals surface area contributed by atoms with Gasteiger partial charge < -0.3 is 18.9 Å². The molecule has 1 aliphatic heterocycles. The zero-order valence-corrected chi connectivity index (χ0v) is 24.6. The number of esters is 3. The minimum Gasteiger partial charge on any atom is -0.457 e. The van der Waals surface area contributed by atoms with E-state index in [0.717, 1.165) is 26.3 Å². The molecule has 14 heteroatoms. The predicted octanol–water partition coefficient (Wildman–Crippen LogP) is 4.10. The van der Waals surface area contributed by atoms with E-state index < -0.39 is 54.3 Å². The number of Topliss-reactive ketones (excluding diaryl/α,β-unsaturated/α-hetero) is 1. The molecule has 220 valence electrons. The fourth-order valence-electron chi connectivity index (χ4n) is 4.45. The van der Waals surface area contributed by atoms with E-state index in [2.05, 4.69) is 10.2 Å². The van der Waals surface area contributed by atoms with Crippen LogP contribution in [0.15, 0.2) is 59.7 Å². The van der Waals surface area contributed by atoms with Crippen LogP contribution in [0.4, 0.5) is 0 Å². The third-order valence-corrected chi connectivity index (χ3v) is 6.74. The highest BCUT2D eigenvalue weighted by atomic mass is 35.5. The zero-order valence-electron chi connectivity index (χ0n) is 23.0. The molecule has 0 aliphatic carbocycles. The Balaban J connectivity index is 1.89. The normalized spacial score (nSPS) is 22.0. The van der Waals surface area contributed by atoms with Gasteiger partial charge in [-0.2, -0.15) is 9.78 Å². The minimum atomic E-state index is -1.57. The van der Waals surface area contributed by atoms with E-state index >= 15 is 0 Å². The molecule has 2 heterocycles. The summed E-state index contributed by atoms with van der Waals surface area (Å²) in [6, 6.07) is 16.0. The maximum absolute atomic E-state index is 13.1. The Bertz CT molecular complexity index is 1570. The predicted molar refractivity (Wildman–Crippen MR) is 152 cm³/mol. The third-order valence-electron chi connectivity index (χ3n) is 6.13. The van der Waals surface area contributed by atoms with Gasteiger partial charge >= 0.3 is 17.9 Å². The number of ketones is 1. The summed E-state index contributed by atoms with van der Waals surface area (Å²) in [6.07, 6.45) is -4.23. The number of rotatable bonds is 8. The van der Waals surface area contributed by atoms with Crippen molar-refractivity contribution < 1.29 is 38.1 Å². The number of halogens is 1. The lowest BCUT2D eigenvalue weighted by atomic mass is 9.89. The van der Waals surface area contributed by atoms with Crippen molar-refractivity contribution >= 4 is 53.7 Å². The maximum Gasteiger partial charge on any atom is 0.305 e. The average Bonchev–Trinajstić information content (AvgIpc) is 3.25. The van der Waals surface area contributed by atoms with Crippen molar-refractivity contribution in [3.05, 3.63) is 70.0 Å². The van der Waals surface area contributed by atoms with Crippen LogP contribution in [-0.4, -0.2) is 62.9 Å². The Labute approximate surface area is 250 Å². The molecule has 1 fully saturated rings. The Morgan fingerprint density at radius 2 is 1.50 bits per heavy atom. The van der Waals surface area contributed by atoms with Gasteiger partial charge in [-0.3, -0.25) is 19.2 Å². The number of carbonyl (C=O) groups is 4. The summed E-state index contributed by atoms with van der Waals surface area (Å²) in [5.74, 6) is -3.78. The van der Waals surface area contributed by atoms with E-state index in [1.165, 1.54) is 16.3 Å². The van der Waals surface area contributed by atoms with Gasteiger partial charge in [-0.05, 0) is 36.8 Å². The second-order valence-corrected chi connectivity index (χ2v) is 10.1. The third kappa shape index (κ3) is 6.98. The molecule has 1 aliphatic rings. The van der Waals surface area contributed by atoms with Crippen molar-refractivity contribution in [2.24, 2.45) is 11.0 Å². The van der Waals surface area contributed by atoms with Crippen LogP contribution in [0.5, 0.6) is 0 Å². The lowest BCUT2D eigenvalue weighted by molar-refractivity contribution is -0.296. The molecule has 0 saturated carbocycles. The topological polar surface area (TPSA) is 140 Å². The summed E-state index contributed by atoms with van der Waals surface area (Å²) in [4.78, 5) is 49.2. The number of hydrogen-bond donors (Lipinski definition) is 0. The van der Waals surface area contributed by atoms with Crippen molar-refractivity contribution in [1.29, 1.82) is 0 Å². The van der Waals surface area contributed by atoms with Crippen LogP contribution in [0.25, 0.3) is 11.4 Å². The van der Waals surface area contributed by atoms with Gasteiger partial charge in [0.15, 0.2) is 18.2 Å². The van der Waals surface area contributed by atoms with Gasteiger partial charge in [-0.25, -0.2) is 4.68 Å². The van der Waals surface area contributed by atoms with Crippen molar-refractivity contribution in [3.8, 4) is 11.4 Å². The molecule has 2 aromatic carbocycles. The summed E-state index contributed by atoms with van der Waals surface area (Å²) in [5.41, 5.74) is 1.36. The Kier molecular flexibility index (Phi) is 9.66. The molecule has 0 spiro atoms. The molecule has 1 unspecified atom stereocenters. The molecule has 0 radical (unpaired) electrons. The summed E-state index contributed by atoms with van der Waals surface area (Å²) in [7, 11) is 0. The van der Waals surface area contributed by atoms with Gasteiger partial charge in [-0.1, -0.05) is 54.1 Å². The first-order valence-electron chi connectivity index (χ1n) is 12.7. The van der Waals surface area contributed by atoms with Crippen LogP contribution >= 0.6 is 23.8 Å². The second-order valence-electron chi connectivity index (χ2n) is 9.31. The molecule has 3 aromatic rings. The Morgan fingerprint density at radius 3 is 2.07 bits per heavy atom. The first-order valence-corrected chi connectivity index (χ1v) is 13.5. The lowest BCUT2D eigenvalue weighted by Gasteiger charge is -2.43. The van der Waals surface area contributed by atoms with E-state index in [0.29, 0.717) is 16.4 Å². The highest BCUT2D eigenvalue weighted by molar-refractivity contribution is 7.71. The van der Waals surface area contributed by atoms with Crippen molar-refractivity contribution in [1.82, 2.24) is 14.5 Å². The maximum atomic E-state index is 13.1. The number of nitrogens with zero attached hydrogens (tertiary/aromatic N) is 4. The van der Waals surface area contributed by atoms with Gasteiger partial charge in [0, 0.05) is 31.4 Å². The number of ether oxygens (including phenoxy) is 4. The van der Waals surface area contributed by atoms with E-state index in [-0.39, 0.29) is 4.77 Å². The fraction of sp³-hybridized carbons (Fsp3) is 0.321.